The average molecular weight is 304 g/mol. The second-order valence-corrected chi connectivity index (χ2v) is 7.99. The largest absolute Gasteiger partial charge is 0.300 e. The molecule has 1 heterocycles. The molecular weight excluding hydrogens is 278 g/mol. The summed E-state index contributed by atoms with van der Waals surface area (Å²) in [5, 5.41) is 0.895. The van der Waals surface area contributed by atoms with Gasteiger partial charge in [0.15, 0.2) is 0 Å². The zero-order chi connectivity index (χ0) is 14.4. The Labute approximate surface area is 133 Å². The van der Waals surface area contributed by atoms with Crippen LogP contribution in [0.1, 0.15) is 55.6 Å². The lowest BCUT2D eigenvalue weighted by Crippen LogP contribution is -2.43. The van der Waals surface area contributed by atoms with Crippen LogP contribution < -0.4 is 0 Å². The smallest absolute Gasteiger partial charge is 0.0409 e. The molecule has 0 amide bonds. The first kappa shape index (κ1) is 14.1. The molecule has 1 aliphatic heterocycles. The lowest BCUT2D eigenvalue weighted by atomic mass is 9.85. The summed E-state index contributed by atoms with van der Waals surface area (Å²) in [4.78, 5) is 2.82. The van der Waals surface area contributed by atoms with Crippen LogP contribution in [0.2, 0.25) is 5.02 Å². The van der Waals surface area contributed by atoms with Gasteiger partial charge in [0.1, 0.15) is 0 Å². The van der Waals surface area contributed by atoms with E-state index in [0.717, 1.165) is 28.8 Å². The number of piperidine rings is 1. The van der Waals surface area contributed by atoms with Crippen molar-refractivity contribution in [2.75, 3.05) is 13.1 Å². The minimum absolute atomic E-state index is 0.721. The highest BCUT2D eigenvalue weighted by atomic mass is 35.5. The molecule has 1 saturated heterocycles. The third kappa shape index (κ3) is 2.64. The fourth-order valence-electron chi connectivity index (χ4n) is 5.25. The van der Waals surface area contributed by atoms with E-state index < -0.39 is 0 Å². The molecule has 0 N–H and O–H groups in total. The van der Waals surface area contributed by atoms with Crippen molar-refractivity contribution in [3.05, 3.63) is 34.3 Å². The SMILES string of the molecule is Cc1ccc(Cl)cc1C1CCN(C2C[C@H]3CCC2C3)CC1. The molecule has 1 nitrogen and oxygen atoms in total. The van der Waals surface area contributed by atoms with Crippen molar-refractivity contribution in [1.82, 2.24) is 4.90 Å². The van der Waals surface area contributed by atoms with Crippen LogP contribution >= 0.6 is 11.6 Å². The van der Waals surface area contributed by atoms with Gasteiger partial charge in [-0.15, -0.1) is 0 Å². The van der Waals surface area contributed by atoms with E-state index in [1.807, 2.05) is 6.07 Å². The van der Waals surface area contributed by atoms with Gasteiger partial charge in [0.2, 0.25) is 0 Å². The number of hydrogen-bond donors (Lipinski definition) is 0. The summed E-state index contributed by atoms with van der Waals surface area (Å²) < 4.78 is 0. The summed E-state index contributed by atoms with van der Waals surface area (Å²) in [6, 6.07) is 7.32. The molecule has 3 fully saturated rings. The minimum Gasteiger partial charge on any atom is -0.300 e. The number of rotatable bonds is 2. The molecule has 2 heteroatoms. The predicted molar refractivity (Wildman–Crippen MR) is 89.0 cm³/mol. The Kier molecular flexibility index (Phi) is 3.75. The van der Waals surface area contributed by atoms with Gasteiger partial charge in [-0.1, -0.05) is 24.1 Å². The molecule has 3 aliphatic rings. The van der Waals surface area contributed by atoms with E-state index in [1.165, 1.54) is 62.7 Å². The zero-order valence-corrected chi connectivity index (χ0v) is 13.8. The van der Waals surface area contributed by atoms with Crippen molar-refractivity contribution >= 4 is 11.6 Å². The van der Waals surface area contributed by atoms with Crippen LogP contribution in [0, 0.1) is 18.8 Å². The average Bonchev–Trinajstić information content (AvgIpc) is 3.13. The lowest BCUT2D eigenvalue weighted by molar-refractivity contribution is 0.110. The first-order chi connectivity index (χ1) is 10.2. The summed E-state index contributed by atoms with van der Waals surface area (Å²) in [6.07, 6.45) is 8.66. The van der Waals surface area contributed by atoms with E-state index in [-0.39, 0.29) is 0 Å². The Morgan fingerprint density at radius 2 is 1.86 bits per heavy atom. The van der Waals surface area contributed by atoms with Gasteiger partial charge in [-0.2, -0.15) is 0 Å². The molecule has 1 aromatic rings. The Balaban J connectivity index is 1.41. The first-order valence-corrected chi connectivity index (χ1v) is 9.08. The van der Waals surface area contributed by atoms with E-state index in [9.17, 15) is 0 Å². The molecule has 0 spiro atoms. The molecule has 114 valence electrons. The molecular formula is C19H26ClN. The predicted octanol–water partition coefficient (Wildman–Crippen LogP) is 5.02. The van der Waals surface area contributed by atoms with E-state index in [4.69, 9.17) is 11.6 Å². The van der Waals surface area contributed by atoms with E-state index in [0.29, 0.717) is 0 Å². The maximum atomic E-state index is 6.20. The standard InChI is InChI=1S/C19H26ClN/c1-13-2-5-17(20)12-18(13)15-6-8-21(9-7-15)19-11-14-3-4-16(19)10-14/h2,5,12,14-16,19H,3-4,6-11H2,1H3/t14-,16?,19?/m0/s1. The fourth-order valence-corrected chi connectivity index (χ4v) is 5.43. The van der Waals surface area contributed by atoms with Crippen molar-refractivity contribution < 1.29 is 0 Å². The Bertz CT molecular complexity index is 518. The highest BCUT2D eigenvalue weighted by Crippen LogP contribution is 2.47. The molecule has 2 bridgehead atoms. The number of fused-ring (bicyclic) bond motifs is 2. The third-order valence-corrected chi connectivity index (χ3v) is 6.62. The Morgan fingerprint density at radius 3 is 2.52 bits per heavy atom. The Hall–Kier alpha value is -0.530. The van der Waals surface area contributed by atoms with Crippen LogP contribution in [0.3, 0.4) is 0 Å². The van der Waals surface area contributed by atoms with Crippen LogP contribution in [0.4, 0.5) is 0 Å². The van der Waals surface area contributed by atoms with Crippen molar-refractivity contribution in [3.8, 4) is 0 Å². The zero-order valence-electron chi connectivity index (χ0n) is 13.0. The molecule has 2 unspecified atom stereocenters. The van der Waals surface area contributed by atoms with Gasteiger partial charge in [0, 0.05) is 11.1 Å². The molecule has 2 aliphatic carbocycles. The second-order valence-electron chi connectivity index (χ2n) is 7.55. The lowest BCUT2D eigenvalue weighted by Gasteiger charge is -2.40. The summed E-state index contributed by atoms with van der Waals surface area (Å²) in [6.45, 7) is 4.82. The number of benzene rings is 1. The van der Waals surface area contributed by atoms with Gasteiger partial charge >= 0.3 is 0 Å². The summed E-state index contributed by atoms with van der Waals surface area (Å²) >= 11 is 6.20. The molecule has 21 heavy (non-hydrogen) atoms. The number of likely N-dealkylation sites (tertiary alicyclic amines) is 1. The molecule has 1 aromatic carbocycles. The van der Waals surface area contributed by atoms with E-state index >= 15 is 0 Å². The maximum absolute atomic E-state index is 6.20. The molecule has 3 atom stereocenters. The summed E-state index contributed by atoms with van der Waals surface area (Å²) in [5.74, 6) is 2.81. The number of hydrogen-bond acceptors (Lipinski definition) is 1. The van der Waals surface area contributed by atoms with Gasteiger partial charge < -0.3 is 4.90 Å². The van der Waals surface area contributed by atoms with Crippen LogP contribution in [-0.2, 0) is 0 Å². The second kappa shape index (κ2) is 5.59. The molecule has 4 rings (SSSR count). The number of nitrogens with zero attached hydrogens (tertiary/aromatic N) is 1. The highest BCUT2D eigenvalue weighted by Gasteiger charge is 2.42. The van der Waals surface area contributed by atoms with Crippen molar-refractivity contribution in [2.24, 2.45) is 11.8 Å². The fraction of sp³-hybridized carbons (Fsp3) is 0.684. The summed E-state index contributed by atoms with van der Waals surface area (Å²) in [7, 11) is 0. The van der Waals surface area contributed by atoms with Gasteiger partial charge in [-0.25, -0.2) is 0 Å². The number of halogens is 1. The van der Waals surface area contributed by atoms with Crippen LogP contribution in [0.5, 0.6) is 0 Å². The summed E-state index contributed by atoms with van der Waals surface area (Å²) in [5.41, 5.74) is 2.91. The van der Waals surface area contributed by atoms with Crippen LogP contribution in [-0.4, -0.2) is 24.0 Å². The topological polar surface area (TPSA) is 3.24 Å². The normalized spacial score (nSPS) is 33.7. The van der Waals surface area contributed by atoms with Crippen molar-refractivity contribution in [2.45, 2.75) is 57.4 Å². The Morgan fingerprint density at radius 1 is 1.05 bits per heavy atom. The molecule has 2 saturated carbocycles. The van der Waals surface area contributed by atoms with Gasteiger partial charge in [-0.3, -0.25) is 0 Å². The van der Waals surface area contributed by atoms with Crippen molar-refractivity contribution in [1.29, 1.82) is 0 Å². The quantitative estimate of drug-likeness (QED) is 0.742. The van der Waals surface area contributed by atoms with E-state index in [1.54, 1.807) is 0 Å². The number of aryl methyl sites for hydroxylation is 1. The third-order valence-electron chi connectivity index (χ3n) is 6.38. The van der Waals surface area contributed by atoms with Gasteiger partial charge in [-0.05, 0) is 93.1 Å². The van der Waals surface area contributed by atoms with Gasteiger partial charge in [0.25, 0.3) is 0 Å². The monoisotopic (exact) mass is 303 g/mol. The molecule has 0 aromatic heterocycles. The highest BCUT2D eigenvalue weighted by molar-refractivity contribution is 6.30. The van der Waals surface area contributed by atoms with Crippen LogP contribution in [0.15, 0.2) is 18.2 Å². The van der Waals surface area contributed by atoms with Crippen molar-refractivity contribution in [3.63, 3.8) is 0 Å². The minimum atomic E-state index is 0.721. The molecule has 0 radical (unpaired) electrons. The van der Waals surface area contributed by atoms with Gasteiger partial charge in [0.05, 0.1) is 0 Å². The van der Waals surface area contributed by atoms with E-state index in [2.05, 4.69) is 24.0 Å². The first-order valence-electron chi connectivity index (χ1n) is 8.71. The maximum Gasteiger partial charge on any atom is 0.0409 e. The van der Waals surface area contributed by atoms with Crippen LogP contribution in [0.25, 0.3) is 0 Å².